The highest BCUT2D eigenvalue weighted by Crippen LogP contribution is 2.39. The van der Waals surface area contributed by atoms with Gasteiger partial charge >= 0.3 is 5.82 Å². The van der Waals surface area contributed by atoms with Crippen LogP contribution in [0.4, 0.5) is 11.6 Å². The van der Waals surface area contributed by atoms with Gasteiger partial charge in [-0.1, -0.05) is 0 Å². The first kappa shape index (κ1) is 14.3. The summed E-state index contributed by atoms with van der Waals surface area (Å²) < 4.78 is 13.5. The third kappa shape index (κ3) is 2.60. The number of nitrogens with one attached hydrogen (secondary N) is 1. The second-order valence-electron chi connectivity index (χ2n) is 5.70. The van der Waals surface area contributed by atoms with Crippen LogP contribution in [-0.4, -0.2) is 39.5 Å². The zero-order valence-electron chi connectivity index (χ0n) is 12.3. The van der Waals surface area contributed by atoms with E-state index in [1.807, 2.05) is 0 Å². The van der Waals surface area contributed by atoms with E-state index >= 15 is 0 Å². The first-order chi connectivity index (χ1) is 10.0. The fraction of sp³-hybridized carbons (Fsp3) is 0.769. The Morgan fingerprint density at radius 1 is 1.52 bits per heavy atom. The number of imidazole rings is 1. The fourth-order valence-corrected chi connectivity index (χ4v) is 3.02. The highest BCUT2D eigenvalue weighted by molar-refractivity contribution is 5.53. The zero-order chi connectivity index (χ0) is 15.0. The quantitative estimate of drug-likeness (QED) is 0.672. The van der Waals surface area contributed by atoms with Gasteiger partial charge in [0.2, 0.25) is 11.6 Å². The third-order valence-corrected chi connectivity index (χ3v) is 4.25. The lowest BCUT2D eigenvalue weighted by atomic mass is 10.2. The average Bonchev–Trinajstić information content (AvgIpc) is 3.13. The predicted molar refractivity (Wildman–Crippen MR) is 75.1 cm³/mol. The van der Waals surface area contributed by atoms with Crippen LogP contribution in [0.2, 0.25) is 0 Å². The maximum absolute atomic E-state index is 11.0. The molecule has 1 aliphatic heterocycles. The zero-order valence-corrected chi connectivity index (χ0v) is 12.3. The van der Waals surface area contributed by atoms with Crippen LogP contribution in [-0.2, 0) is 16.5 Å². The second-order valence-corrected chi connectivity index (χ2v) is 5.70. The van der Waals surface area contributed by atoms with Gasteiger partial charge in [-0.2, -0.15) is 0 Å². The van der Waals surface area contributed by atoms with Crippen molar-refractivity contribution in [3.8, 4) is 0 Å². The maximum atomic E-state index is 11.0. The van der Waals surface area contributed by atoms with Gasteiger partial charge in [0.25, 0.3) is 0 Å². The number of ether oxygens (including phenoxy) is 2. The summed E-state index contributed by atoms with van der Waals surface area (Å²) in [6, 6.07) is 0. The highest BCUT2D eigenvalue weighted by atomic mass is 16.7. The molecule has 1 spiro atoms. The Hall–Kier alpha value is -1.67. The molecule has 1 saturated heterocycles. The summed E-state index contributed by atoms with van der Waals surface area (Å²) in [7, 11) is 1.75. The molecular formula is C13H20N4O4. The van der Waals surface area contributed by atoms with Crippen molar-refractivity contribution in [2.75, 3.05) is 18.5 Å². The van der Waals surface area contributed by atoms with Crippen molar-refractivity contribution in [1.29, 1.82) is 0 Å². The van der Waals surface area contributed by atoms with E-state index in [4.69, 9.17) is 9.47 Å². The molecule has 1 N–H and O–H groups in total. The van der Waals surface area contributed by atoms with E-state index in [1.54, 1.807) is 18.5 Å². The Balaban J connectivity index is 1.65. The molecule has 1 saturated carbocycles. The number of aromatic nitrogens is 2. The number of rotatable bonds is 4. The van der Waals surface area contributed by atoms with E-state index in [9.17, 15) is 10.1 Å². The lowest BCUT2D eigenvalue weighted by molar-refractivity contribution is -0.388. The highest BCUT2D eigenvalue weighted by Gasteiger charge is 2.43. The van der Waals surface area contributed by atoms with Gasteiger partial charge in [-0.05, 0) is 22.7 Å². The normalized spacial score (nSPS) is 23.8. The summed E-state index contributed by atoms with van der Waals surface area (Å²) in [6.07, 6.45) is 4.06. The van der Waals surface area contributed by atoms with Crippen LogP contribution in [0.15, 0.2) is 0 Å². The molecule has 1 unspecified atom stereocenters. The summed E-state index contributed by atoms with van der Waals surface area (Å²) in [5.41, 5.74) is 0. The van der Waals surface area contributed by atoms with Crippen LogP contribution in [0.5, 0.6) is 0 Å². The molecule has 0 bridgehead atoms. The summed E-state index contributed by atoms with van der Waals surface area (Å²) in [5.74, 6) is 0.457. The Morgan fingerprint density at radius 3 is 2.90 bits per heavy atom. The van der Waals surface area contributed by atoms with E-state index in [-0.39, 0.29) is 11.9 Å². The molecule has 8 heteroatoms. The van der Waals surface area contributed by atoms with Gasteiger partial charge in [-0.15, -0.1) is 0 Å². The molecule has 8 nitrogen and oxygen atoms in total. The molecule has 0 radical (unpaired) electrons. The molecule has 1 aromatic rings. The van der Waals surface area contributed by atoms with Gasteiger partial charge in [0.05, 0.1) is 6.61 Å². The molecule has 0 amide bonds. The van der Waals surface area contributed by atoms with Crippen molar-refractivity contribution >= 4 is 11.6 Å². The van der Waals surface area contributed by atoms with Crippen molar-refractivity contribution < 1.29 is 14.4 Å². The monoisotopic (exact) mass is 296 g/mol. The summed E-state index contributed by atoms with van der Waals surface area (Å²) in [6.45, 7) is 2.74. The van der Waals surface area contributed by atoms with Crippen LogP contribution < -0.4 is 5.32 Å². The van der Waals surface area contributed by atoms with Crippen LogP contribution in [0.1, 0.15) is 31.5 Å². The SMILES string of the molecule is Cc1nc([N+](=O)[O-])c(NCC2COC3(CCCC3)O2)n1C. The minimum Gasteiger partial charge on any atom is -0.362 e. The number of nitrogens with zero attached hydrogens (tertiary/aromatic N) is 3. The van der Waals surface area contributed by atoms with Crippen molar-refractivity contribution in [3.63, 3.8) is 0 Å². The van der Waals surface area contributed by atoms with Crippen LogP contribution in [0.25, 0.3) is 0 Å². The Bertz CT molecular complexity index is 551. The molecule has 2 heterocycles. The maximum Gasteiger partial charge on any atom is 0.406 e. The average molecular weight is 296 g/mol. The van der Waals surface area contributed by atoms with Crippen LogP contribution in [0, 0.1) is 17.0 Å². The third-order valence-electron chi connectivity index (χ3n) is 4.25. The molecule has 1 aromatic heterocycles. The Labute approximate surface area is 122 Å². The first-order valence-corrected chi connectivity index (χ1v) is 7.24. The van der Waals surface area contributed by atoms with Crippen molar-refractivity contribution in [3.05, 3.63) is 15.9 Å². The molecule has 21 heavy (non-hydrogen) atoms. The Kier molecular flexibility index (Phi) is 3.58. The molecule has 0 aromatic carbocycles. The van der Waals surface area contributed by atoms with Gasteiger partial charge in [0.15, 0.2) is 5.79 Å². The van der Waals surface area contributed by atoms with Gasteiger partial charge in [0, 0.05) is 33.4 Å². The fourth-order valence-electron chi connectivity index (χ4n) is 3.02. The molecule has 116 valence electrons. The standard InChI is InChI=1S/C13H20N4O4/c1-9-15-12(17(18)19)11(16(9)2)14-7-10-8-20-13(21-10)5-3-4-6-13/h10,14H,3-8H2,1-2H3. The minimum absolute atomic E-state index is 0.0853. The number of hydrogen-bond acceptors (Lipinski definition) is 6. The van der Waals surface area contributed by atoms with Crippen molar-refractivity contribution in [2.24, 2.45) is 7.05 Å². The van der Waals surface area contributed by atoms with Gasteiger partial charge in [-0.3, -0.25) is 4.57 Å². The topological polar surface area (TPSA) is 91.5 Å². The van der Waals surface area contributed by atoms with Gasteiger partial charge in [-0.25, -0.2) is 0 Å². The van der Waals surface area contributed by atoms with E-state index in [1.165, 1.54) is 0 Å². The summed E-state index contributed by atoms with van der Waals surface area (Å²) in [4.78, 5) is 14.5. The van der Waals surface area contributed by atoms with Crippen molar-refractivity contribution in [1.82, 2.24) is 9.55 Å². The predicted octanol–water partition coefficient (Wildman–Crippen LogP) is 1.73. The number of nitro groups is 1. The lowest BCUT2D eigenvalue weighted by Crippen LogP contribution is -2.29. The molecular weight excluding hydrogens is 276 g/mol. The van der Waals surface area contributed by atoms with E-state index in [2.05, 4.69) is 10.3 Å². The van der Waals surface area contributed by atoms with E-state index < -0.39 is 10.7 Å². The number of anilines is 1. The molecule has 2 aliphatic rings. The lowest BCUT2D eigenvalue weighted by Gasteiger charge is -2.22. The number of hydrogen-bond donors (Lipinski definition) is 1. The number of aryl methyl sites for hydroxylation is 1. The summed E-state index contributed by atoms with van der Waals surface area (Å²) in [5, 5.41) is 14.1. The minimum atomic E-state index is -0.472. The van der Waals surface area contributed by atoms with Crippen LogP contribution in [0.3, 0.4) is 0 Å². The largest absolute Gasteiger partial charge is 0.406 e. The van der Waals surface area contributed by atoms with Gasteiger partial charge < -0.3 is 24.9 Å². The van der Waals surface area contributed by atoms with Gasteiger partial charge in [0.1, 0.15) is 6.10 Å². The van der Waals surface area contributed by atoms with Crippen LogP contribution >= 0.6 is 0 Å². The molecule has 2 fully saturated rings. The second kappa shape index (κ2) is 5.27. The smallest absolute Gasteiger partial charge is 0.362 e. The van der Waals surface area contributed by atoms with E-state index in [0.29, 0.717) is 24.8 Å². The molecule has 3 rings (SSSR count). The van der Waals surface area contributed by atoms with E-state index in [0.717, 1.165) is 25.7 Å². The molecule has 1 atom stereocenters. The Morgan fingerprint density at radius 2 is 2.24 bits per heavy atom. The van der Waals surface area contributed by atoms with Crippen molar-refractivity contribution in [2.45, 2.75) is 44.5 Å². The molecule has 1 aliphatic carbocycles. The first-order valence-electron chi connectivity index (χ1n) is 7.24. The summed E-state index contributed by atoms with van der Waals surface area (Å²) >= 11 is 0.